The molecule has 0 saturated carbocycles. The van der Waals surface area contributed by atoms with E-state index in [0.717, 1.165) is 25.4 Å². The van der Waals surface area contributed by atoms with E-state index in [1.165, 1.54) is 12.8 Å². The third kappa shape index (κ3) is 3.84. The average Bonchev–Trinajstić information content (AvgIpc) is 2.97. The fourth-order valence-corrected chi connectivity index (χ4v) is 2.28. The predicted octanol–water partition coefficient (Wildman–Crippen LogP) is 1.39. The van der Waals surface area contributed by atoms with Gasteiger partial charge in [0.1, 0.15) is 5.76 Å². The lowest BCUT2D eigenvalue weighted by molar-refractivity contribution is 0.120. The zero-order valence-electron chi connectivity index (χ0n) is 10.4. The van der Waals surface area contributed by atoms with Crippen LogP contribution in [0.15, 0.2) is 22.8 Å². The molecule has 2 N–H and O–H groups in total. The lowest BCUT2D eigenvalue weighted by atomic mass is 10.2. The minimum Gasteiger partial charge on any atom is -0.468 e. The van der Waals surface area contributed by atoms with Gasteiger partial charge >= 0.3 is 0 Å². The Morgan fingerprint density at radius 2 is 2.24 bits per heavy atom. The van der Waals surface area contributed by atoms with Crippen molar-refractivity contribution in [3.05, 3.63) is 24.2 Å². The molecule has 0 bridgehead atoms. The molecule has 2 heterocycles. The lowest BCUT2D eigenvalue weighted by Gasteiger charge is -2.21. The van der Waals surface area contributed by atoms with Crippen LogP contribution in [0.2, 0.25) is 0 Å². The number of furan rings is 1. The molecule has 96 valence electrons. The summed E-state index contributed by atoms with van der Waals surface area (Å²) >= 11 is 0. The molecule has 1 aromatic heterocycles. The van der Waals surface area contributed by atoms with Gasteiger partial charge in [-0.3, -0.25) is 0 Å². The van der Waals surface area contributed by atoms with Crippen LogP contribution in [0.3, 0.4) is 0 Å². The van der Waals surface area contributed by atoms with Gasteiger partial charge in [-0.2, -0.15) is 0 Å². The van der Waals surface area contributed by atoms with Gasteiger partial charge in [0, 0.05) is 13.1 Å². The van der Waals surface area contributed by atoms with Crippen molar-refractivity contribution in [2.45, 2.75) is 31.9 Å². The second-order valence-corrected chi connectivity index (χ2v) is 4.81. The van der Waals surface area contributed by atoms with E-state index < -0.39 is 0 Å². The maximum atomic E-state index is 9.92. The summed E-state index contributed by atoms with van der Waals surface area (Å²) in [5, 5.41) is 13.2. The highest BCUT2D eigenvalue weighted by Gasteiger charge is 2.16. The molecule has 1 fully saturated rings. The van der Waals surface area contributed by atoms with Crippen molar-refractivity contribution in [1.29, 1.82) is 0 Å². The topological polar surface area (TPSA) is 48.6 Å². The van der Waals surface area contributed by atoms with Gasteiger partial charge in [0.15, 0.2) is 0 Å². The molecule has 1 aliphatic heterocycles. The number of nitrogens with zero attached hydrogens (tertiary/aromatic N) is 1. The van der Waals surface area contributed by atoms with Crippen LogP contribution in [0.4, 0.5) is 0 Å². The zero-order chi connectivity index (χ0) is 12.1. The molecular formula is C13H22N2O2. The van der Waals surface area contributed by atoms with Crippen LogP contribution in [0, 0.1) is 0 Å². The van der Waals surface area contributed by atoms with Gasteiger partial charge in [-0.25, -0.2) is 0 Å². The van der Waals surface area contributed by atoms with E-state index >= 15 is 0 Å². The van der Waals surface area contributed by atoms with E-state index in [9.17, 15) is 5.11 Å². The van der Waals surface area contributed by atoms with E-state index in [0.29, 0.717) is 6.54 Å². The summed E-state index contributed by atoms with van der Waals surface area (Å²) in [6, 6.07) is 3.98. The van der Waals surface area contributed by atoms with Gasteiger partial charge in [0.05, 0.1) is 18.4 Å². The fraction of sp³-hybridized carbons (Fsp3) is 0.692. The number of hydrogen-bond donors (Lipinski definition) is 2. The van der Waals surface area contributed by atoms with Crippen molar-refractivity contribution < 1.29 is 9.52 Å². The summed E-state index contributed by atoms with van der Waals surface area (Å²) in [6.45, 7) is 5.69. The molecule has 0 aliphatic carbocycles. The Labute approximate surface area is 103 Å². The van der Waals surface area contributed by atoms with Gasteiger partial charge in [-0.1, -0.05) is 0 Å². The number of nitrogens with one attached hydrogen (secondary N) is 1. The van der Waals surface area contributed by atoms with Crippen LogP contribution in [0.5, 0.6) is 0 Å². The SMILES string of the molecule is C[C@@H](NCC(O)CN1CCCC1)c1ccco1. The third-order valence-corrected chi connectivity index (χ3v) is 3.30. The van der Waals surface area contributed by atoms with Crippen LogP contribution < -0.4 is 5.32 Å². The van der Waals surface area contributed by atoms with Crippen molar-refractivity contribution in [3.8, 4) is 0 Å². The second kappa shape index (κ2) is 6.19. The largest absolute Gasteiger partial charge is 0.468 e. The molecule has 0 radical (unpaired) electrons. The summed E-state index contributed by atoms with van der Waals surface area (Å²) in [5.74, 6) is 0.915. The van der Waals surface area contributed by atoms with Crippen molar-refractivity contribution in [3.63, 3.8) is 0 Å². The Hall–Kier alpha value is -0.840. The molecule has 0 amide bonds. The smallest absolute Gasteiger partial charge is 0.120 e. The summed E-state index contributed by atoms with van der Waals surface area (Å²) in [7, 11) is 0. The Bertz CT molecular complexity index is 307. The first-order valence-electron chi connectivity index (χ1n) is 6.43. The van der Waals surface area contributed by atoms with Gasteiger partial charge < -0.3 is 19.7 Å². The molecule has 4 nitrogen and oxygen atoms in total. The third-order valence-electron chi connectivity index (χ3n) is 3.30. The monoisotopic (exact) mass is 238 g/mol. The van der Waals surface area contributed by atoms with Gasteiger partial charge in [-0.05, 0) is 45.0 Å². The molecule has 0 aromatic carbocycles. The molecule has 4 heteroatoms. The Kier molecular flexibility index (Phi) is 4.59. The molecular weight excluding hydrogens is 216 g/mol. The van der Waals surface area contributed by atoms with Crippen molar-refractivity contribution in [1.82, 2.24) is 10.2 Å². The Balaban J connectivity index is 1.66. The van der Waals surface area contributed by atoms with E-state index in [4.69, 9.17) is 4.42 Å². The lowest BCUT2D eigenvalue weighted by Crippen LogP contribution is -2.37. The number of aliphatic hydroxyl groups is 1. The number of β-amino-alcohol motifs (C(OH)–C–C–N with tert-alkyl or cyclic N) is 1. The van der Waals surface area contributed by atoms with Gasteiger partial charge in [-0.15, -0.1) is 0 Å². The molecule has 1 unspecified atom stereocenters. The van der Waals surface area contributed by atoms with E-state index in [1.807, 2.05) is 19.1 Å². The highest BCUT2D eigenvalue weighted by atomic mass is 16.3. The first kappa shape index (κ1) is 12.6. The highest BCUT2D eigenvalue weighted by molar-refractivity contribution is 5.02. The van der Waals surface area contributed by atoms with Crippen LogP contribution in [0.1, 0.15) is 31.6 Å². The van der Waals surface area contributed by atoms with Crippen molar-refractivity contribution >= 4 is 0 Å². The summed E-state index contributed by atoms with van der Waals surface area (Å²) in [4.78, 5) is 2.32. The maximum absolute atomic E-state index is 9.92. The fourth-order valence-electron chi connectivity index (χ4n) is 2.28. The van der Waals surface area contributed by atoms with Crippen molar-refractivity contribution in [2.24, 2.45) is 0 Å². The minimum atomic E-state index is -0.300. The van der Waals surface area contributed by atoms with Gasteiger partial charge in [0.2, 0.25) is 0 Å². The molecule has 2 atom stereocenters. The average molecular weight is 238 g/mol. The summed E-state index contributed by atoms with van der Waals surface area (Å²) < 4.78 is 5.31. The number of rotatable bonds is 6. The summed E-state index contributed by atoms with van der Waals surface area (Å²) in [6.07, 6.45) is 3.91. The maximum Gasteiger partial charge on any atom is 0.120 e. The molecule has 1 saturated heterocycles. The number of aliphatic hydroxyl groups excluding tert-OH is 1. The van der Waals surface area contributed by atoms with E-state index in [2.05, 4.69) is 10.2 Å². The van der Waals surface area contributed by atoms with Crippen LogP contribution in [0.25, 0.3) is 0 Å². The van der Waals surface area contributed by atoms with Crippen LogP contribution >= 0.6 is 0 Å². The van der Waals surface area contributed by atoms with E-state index in [-0.39, 0.29) is 12.1 Å². The van der Waals surface area contributed by atoms with Crippen molar-refractivity contribution in [2.75, 3.05) is 26.2 Å². The normalized spacial score (nSPS) is 20.6. The van der Waals surface area contributed by atoms with Gasteiger partial charge in [0.25, 0.3) is 0 Å². The predicted molar refractivity (Wildman–Crippen MR) is 66.8 cm³/mol. The highest BCUT2D eigenvalue weighted by Crippen LogP contribution is 2.12. The quantitative estimate of drug-likeness (QED) is 0.786. The molecule has 17 heavy (non-hydrogen) atoms. The standard InChI is InChI=1S/C13H22N2O2/c1-11(13-5-4-8-17-13)14-9-12(16)10-15-6-2-3-7-15/h4-5,8,11-12,14,16H,2-3,6-7,9-10H2,1H3/t11-,12?/m1/s1. The molecule has 1 aliphatic rings. The number of hydrogen-bond acceptors (Lipinski definition) is 4. The minimum absolute atomic E-state index is 0.151. The first-order chi connectivity index (χ1) is 8.25. The molecule has 0 spiro atoms. The molecule has 2 rings (SSSR count). The zero-order valence-corrected chi connectivity index (χ0v) is 10.4. The Morgan fingerprint density at radius 1 is 1.47 bits per heavy atom. The molecule has 1 aromatic rings. The first-order valence-corrected chi connectivity index (χ1v) is 6.43. The van der Waals surface area contributed by atoms with Crippen LogP contribution in [-0.2, 0) is 0 Å². The van der Waals surface area contributed by atoms with E-state index in [1.54, 1.807) is 6.26 Å². The summed E-state index contributed by atoms with van der Waals surface area (Å²) in [5.41, 5.74) is 0. The number of likely N-dealkylation sites (tertiary alicyclic amines) is 1. The Morgan fingerprint density at radius 3 is 2.88 bits per heavy atom. The van der Waals surface area contributed by atoms with Crippen LogP contribution in [-0.4, -0.2) is 42.3 Å². The second-order valence-electron chi connectivity index (χ2n) is 4.81.